The smallest absolute Gasteiger partial charge is 0.384 e. The van der Waals surface area contributed by atoms with Crippen molar-refractivity contribution in [3.05, 3.63) is 35.2 Å². The maximum Gasteiger partial charge on any atom is 1.00 e. The summed E-state index contributed by atoms with van der Waals surface area (Å²) in [7, 11) is 3.51. The van der Waals surface area contributed by atoms with E-state index < -0.39 is 0 Å². The number of carbonyl (C=O) groups is 1. The molecule has 0 radical (unpaired) electrons. The van der Waals surface area contributed by atoms with E-state index in [2.05, 4.69) is 5.38 Å². The van der Waals surface area contributed by atoms with Crippen LogP contribution in [0, 0.1) is 5.38 Å². The van der Waals surface area contributed by atoms with Gasteiger partial charge in [-0.1, -0.05) is 33.8 Å². The monoisotopic (exact) mass is 211 g/mol. The van der Waals surface area contributed by atoms with Crippen LogP contribution in [0.2, 0.25) is 0 Å². The molecule has 0 aliphatic heterocycles. The predicted octanol–water partition coefficient (Wildman–Crippen LogP) is -0.593. The second-order valence-corrected chi connectivity index (χ2v) is 4.12. The first-order chi connectivity index (χ1) is 6.70. The molecule has 0 N–H and O–H groups in total. The summed E-state index contributed by atoms with van der Waals surface area (Å²) in [4.78, 5) is 13.3. The van der Waals surface area contributed by atoms with Gasteiger partial charge in [0.25, 0.3) is 0 Å². The van der Waals surface area contributed by atoms with Crippen molar-refractivity contribution in [2.75, 3.05) is 14.1 Å². The van der Waals surface area contributed by atoms with Crippen LogP contribution in [0.3, 0.4) is 0 Å². The molecule has 0 bridgehead atoms. The van der Waals surface area contributed by atoms with Crippen molar-refractivity contribution in [3.63, 3.8) is 0 Å². The minimum absolute atomic E-state index is 0. The van der Waals surface area contributed by atoms with Crippen LogP contribution in [-0.4, -0.2) is 24.9 Å². The standard InChI is InChI=1S/C11H10NOS.Li/c1-12(2)11(13)9-7-14-10-6-4-3-5-8(9)10;/h3-6H,1-2H3;/q-1;+1. The topological polar surface area (TPSA) is 20.3 Å². The van der Waals surface area contributed by atoms with Crippen molar-refractivity contribution in [3.8, 4) is 0 Å². The Hall–Kier alpha value is -0.753. The van der Waals surface area contributed by atoms with Crippen molar-refractivity contribution in [1.29, 1.82) is 0 Å². The summed E-state index contributed by atoms with van der Waals surface area (Å²) in [6.45, 7) is 0. The SMILES string of the molecule is CN(C)C(=O)c1[c-]sc2ccccc12.[Li+]. The fourth-order valence-corrected chi connectivity index (χ4v) is 2.14. The van der Waals surface area contributed by atoms with Gasteiger partial charge in [-0.3, -0.25) is 11.3 Å². The van der Waals surface area contributed by atoms with E-state index in [1.807, 2.05) is 24.3 Å². The van der Waals surface area contributed by atoms with E-state index in [1.165, 1.54) is 11.3 Å². The third-order valence-electron chi connectivity index (χ3n) is 2.04. The Bertz CT molecular complexity index is 478. The van der Waals surface area contributed by atoms with Crippen molar-refractivity contribution < 1.29 is 23.7 Å². The Morgan fingerprint density at radius 2 is 2.00 bits per heavy atom. The number of hydrogen-bond acceptors (Lipinski definition) is 2. The van der Waals surface area contributed by atoms with Crippen molar-refractivity contribution in [2.45, 2.75) is 0 Å². The zero-order valence-electron chi connectivity index (χ0n) is 9.07. The predicted molar refractivity (Wildman–Crippen MR) is 58.7 cm³/mol. The molecule has 15 heavy (non-hydrogen) atoms. The average Bonchev–Trinajstić information content (AvgIpc) is 2.60. The normalized spacial score (nSPS) is 9.73. The third kappa shape index (κ3) is 2.26. The summed E-state index contributed by atoms with van der Waals surface area (Å²) in [5.41, 5.74) is 0.676. The minimum Gasteiger partial charge on any atom is -0.384 e. The van der Waals surface area contributed by atoms with Gasteiger partial charge in [-0.15, -0.1) is 11.5 Å². The first-order valence-corrected chi connectivity index (χ1v) is 5.12. The molecule has 0 spiro atoms. The first kappa shape index (κ1) is 12.3. The van der Waals surface area contributed by atoms with Gasteiger partial charge in [0.05, 0.1) is 0 Å². The molecule has 0 saturated heterocycles. The summed E-state index contributed by atoms with van der Waals surface area (Å²) >= 11 is 1.49. The minimum atomic E-state index is 0. The van der Waals surface area contributed by atoms with Crippen LogP contribution in [-0.2, 0) is 0 Å². The van der Waals surface area contributed by atoms with Gasteiger partial charge in [-0.05, 0) is 14.1 Å². The van der Waals surface area contributed by atoms with E-state index in [0.717, 1.165) is 10.1 Å². The molecule has 0 saturated carbocycles. The Morgan fingerprint density at radius 1 is 1.33 bits per heavy atom. The van der Waals surface area contributed by atoms with Crippen molar-refractivity contribution in [2.24, 2.45) is 0 Å². The Kier molecular flexibility index (Phi) is 3.98. The molecule has 0 unspecified atom stereocenters. The van der Waals surface area contributed by atoms with E-state index >= 15 is 0 Å². The maximum atomic E-state index is 11.7. The fourth-order valence-electron chi connectivity index (χ4n) is 1.31. The van der Waals surface area contributed by atoms with E-state index in [0.29, 0.717) is 5.56 Å². The zero-order chi connectivity index (χ0) is 10.1. The molecule has 1 heterocycles. The largest absolute Gasteiger partial charge is 1.00 e. The Balaban J connectivity index is 0.00000112. The number of thiophene rings is 1. The molecule has 0 atom stereocenters. The summed E-state index contributed by atoms with van der Waals surface area (Å²) in [5.74, 6) is 0.0162. The molecule has 0 aliphatic rings. The molecule has 2 aromatic rings. The Morgan fingerprint density at radius 3 is 2.67 bits per heavy atom. The molecule has 2 nitrogen and oxygen atoms in total. The van der Waals surface area contributed by atoms with Gasteiger partial charge in [0, 0.05) is 0 Å². The molecule has 1 aromatic carbocycles. The molecule has 2 rings (SSSR count). The van der Waals surface area contributed by atoms with Crippen LogP contribution in [0.5, 0.6) is 0 Å². The molecule has 1 amide bonds. The van der Waals surface area contributed by atoms with Crippen LogP contribution in [0.1, 0.15) is 10.4 Å². The van der Waals surface area contributed by atoms with Crippen LogP contribution in [0.4, 0.5) is 0 Å². The molecular weight excluding hydrogens is 201 g/mol. The van der Waals surface area contributed by atoms with Gasteiger partial charge in [0.2, 0.25) is 0 Å². The second-order valence-electron chi connectivity index (χ2n) is 3.27. The van der Waals surface area contributed by atoms with E-state index in [9.17, 15) is 4.79 Å². The van der Waals surface area contributed by atoms with Gasteiger partial charge >= 0.3 is 18.9 Å². The molecule has 4 heteroatoms. The van der Waals surface area contributed by atoms with E-state index in [4.69, 9.17) is 0 Å². The molecular formula is C11H10LiNOS. The van der Waals surface area contributed by atoms with E-state index in [-0.39, 0.29) is 24.8 Å². The zero-order valence-corrected chi connectivity index (χ0v) is 9.89. The first-order valence-electron chi connectivity index (χ1n) is 4.31. The number of nitrogens with zero attached hydrogens (tertiary/aromatic N) is 1. The molecule has 0 fully saturated rings. The quantitative estimate of drug-likeness (QED) is 0.456. The average molecular weight is 211 g/mol. The van der Waals surface area contributed by atoms with Crippen molar-refractivity contribution >= 4 is 27.3 Å². The summed E-state index contributed by atoms with van der Waals surface area (Å²) < 4.78 is 1.11. The third-order valence-corrected chi connectivity index (χ3v) is 2.92. The van der Waals surface area contributed by atoms with E-state index in [1.54, 1.807) is 19.0 Å². The summed E-state index contributed by atoms with van der Waals surface area (Å²) in [6, 6.07) is 7.87. The number of fused-ring (bicyclic) bond motifs is 1. The van der Waals surface area contributed by atoms with Crippen LogP contribution < -0.4 is 18.9 Å². The van der Waals surface area contributed by atoms with Crippen LogP contribution in [0.25, 0.3) is 10.1 Å². The van der Waals surface area contributed by atoms with Gasteiger partial charge in [0.15, 0.2) is 5.91 Å². The number of carbonyl (C=O) groups excluding carboxylic acids is 1. The summed E-state index contributed by atoms with van der Waals surface area (Å²) in [6.07, 6.45) is 0. The van der Waals surface area contributed by atoms with Gasteiger partial charge in [-0.2, -0.15) is 0 Å². The number of hydrogen-bond donors (Lipinski definition) is 0. The van der Waals surface area contributed by atoms with Crippen LogP contribution >= 0.6 is 11.3 Å². The van der Waals surface area contributed by atoms with Gasteiger partial charge in [-0.25, -0.2) is 0 Å². The van der Waals surface area contributed by atoms with Gasteiger partial charge in [0.1, 0.15) is 0 Å². The fraction of sp³-hybridized carbons (Fsp3) is 0.182. The van der Waals surface area contributed by atoms with Crippen LogP contribution in [0.15, 0.2) is 24.3 Å². The van der Waals surface area contributed by atoms with Gasteiger partial charge < -0.3 is 9.69 Å². The molecule has 0 aliphatic carbocycles. The molecule has 1 aromatic heterocycles. The number of benzene rings is 1. The second kappa shape index (κ2) is 4.85. The number of amides is 1. The van der Waals surface area contributed by atoms with Crippen molar-refractivity contribution in [1.82, 2.24) is 4.90 Å². The molecule has 72 valence electrons. The number of rotatable bonds is 1. The Labute approximate surface area is 105 Å². The maximum absolute atomic E-state index is 11.7. The summed E-state index contributed by atoms with van der Waals surface area (Å²) in [5, 5.41) is 4.04.